The van der Waals surface area contributed by atoms with E-state index in [0.29, 0.717) is 12.1 Å². The molecular weight excluding hydrogens is 421 g/mol. The maximum absolute atomic E-state index is 12.5. The van der Waals surface area contributed by atoms with Gasteiger partial charge in [-0.25, -0.2) is 4.99 Å². The normalized spacial score (nSPS) is 21.8. The molecule has 3 atom stereocenters. The van der Waals surface area contributed by atoms with Crippen molar-refractivity contribution >= 4 is 5.90 Å². The molecule has 0 spiro atoms. The standard InChI is InChI=1S/C13H8F9NO5/c14-11(15,16)8(24)7-10(25)26-9(23-7)4-1-5(27-12(17,18)19)3-6(2-4)28-13(20,21)22/h1-3,7-8,10,24-25H. The highest BCUT2D eigenvalue weighted by Crippen LogP contribution is 2.34. The maximum Gasteiger partial charge on any atom is 0.573 e. The van der Waals surface area contributed by atoms with Gasteiger partial charge in [0.1, 0.15) is 11.5 Å². The van der Waals surface area contributed by atoms with Crippen molar-refractivity contribution in [3.8, 4) is 11.5 Å². The number of alkyl halides is 9. The molecule has 0 aromatic heterocycles. The van der Waals surface area contributed by atoms with Gasteiger partial charge in [-0.05, 0) is 12.1 Å². The predicted octanol–water partition coefficient (Wildman–Crippen LogP) is 2.87. The Bertz CT molecular complexity index is 709. The predicted molar refractivity (Wildman–Crippen MR) is 69.3 cm³/mol. The molecule has 1 aliphatic heterocycles. The SMILES string of the molecule is OC1OC(c2cc(OC(F)(F)F)cc(OC(F)(F)F)c2)=NC1C(O)C(F)(F)F. The fourth-order valence-electron chi connectivity index (χ4n) is 2.06. The second-order valence-corrected chi connectivity index (χ2v) is 5.21. The number of nitrogens with zero attached hydrogens (tertiary/aromatic N) is 1. The fraction of sp³-hybridized carbons (Fsp3) is 0.462. The highest BCUT2D eigenvalue weighted by Gasteiger charge is 2.49. The Labute approximate surface area is 148 Å². The van der Waals surface area contributed by atoms with Gasteiger partial charge in [0.2, 0.25) is 12.2 Å². The van der Waals surface area contributed by atoms with E-state index < -0.39 is 60.3 Å². The number of aliphatic hydroxyl groups excluding tert-OH is 2. The number of ether oxygens (including phenoxy) is 3. The van der Waals surface area contributed by atoms with Crippen molar-refractivity contribution < 1.29 is 63.9 Å². The molecule has 158 valence electrons. The van der Waals surface area contributed by atoms with Crippen LogP contribution < -0.4 is 9.47 Å². The monoisotopic (exact) mass is 429 g/mol. The van der Waals surface area contributed by atoms with Crippen LogP contribution >= 0.6 is 0 Å². The topological polar surface area (TPSA) is 80.5 Å². The van der Waals surface area contributed by atoms with E-state index in [9.17, 15) is 44.6 Å². The highest BCUT2D eigenvalue weighted by atomic mass is 19.4. The molecule has 0 radical (unpaired) electrons. The summed E-state index contributed by atoms with van der Waals surface area (Å²) in [6.45, 7) is 0. The van der Waals surface area contributed by atoms with Crippen LogP contribution in [-0.2, 0) is 4.74 Å². The first kappa shape index (κ1) is 21.9. The van der Waals surface area contributed by atoms with Crippen LogP contribution in [0.2, 0.25) is 0 Å². The van der Waals surface area contributed by atoms with Crippen molar-refractivity contribution in [1.82, 2.24) is 0 Å². The number of aliphatic hydroxyl groups is 2. The molecular formula is C13H8F9NO5. The van der Waals surface area contributed by atoms with Crippen LogP contribution in [0.5, 0.6) is 11.5 Å². The zero-order chi connectivity index (χ0) is 21.5. The third-order valence-corrected chi connectivity index (χ3v) is 3.04. The molecule has 0 aliphatic carbocycles. The van der Waals surface area contributed by atoms with Crippen molar-refractivity contribution in [2.45, 2.75) is 37.3 Å². The van der Waals surface area contributed by atoms with Gasteiger partial charge in [-0.2, -0.15) is 13.2 Å². The lowest BCUT2D eigenvalue weighted by Crippen LogP contribution is -2.43. The molecule has 28 heavy (non-hydrogen) atoms. The summed E-state index contributed by atoms with van der Waals surface area (Å²) in [6.07, 6.45) is -21.5. The minimum absolute atomic E-state index is 0.207. The largest absolute Gasteiger partial charge is 0.573 e. The van der Waals surface area contributed by atoms with Gasteiger partial charge in [0, 0.05) is 11.6 Å². The number of aliphatic imine (C=N–C) groups is 1. The van der Waals surface area contributed by atoms with E-state index in [0.717, 1.165) is 0 Å². The summed E-state index contributed by atoms with van der Waals surface area (Å²) in [5.74, 6) is -3.44. The third-order valence-electron chi connectivity index (χ3n) is 3.04. The molecule has 1 aromatic carbocycles. The highest BCUT2D eigenvalue weighted by molar-refractivity contribution is 5.96. The number of rotatable bonds is 4. The number of hydrogen-bond acceptors (Lipinski definition) is 6. The van der Waals surface area contributed by atoms with Gasteiger partial charge in [-0.3, -0.25) is 0 Å². The summed E-state index contributed by atoms with van der Waals surface area (Å²) in [5, 5.41) is 18.6. The van der Waals surface area contributed by atoms with E-state index in [4.69, 9.17) is 5.11 Å². The first-order valence-electron chi connectivity index (χ1n) is 6.89. The van der Waals surface area contributed by atoms with Gasteiger partial charge in [-0.1, -0.05) is 0 Å². The van der Waals surface area contributed by atoms with Crippen LogP contribution in [-0.4, -0.2) is 53.4 Å². The van der Waals surface area contributed by atoms with Gasteiger partial charge >= 0.3 is 18.9 Å². The van der Waals surface area contributed by atoms with E-state index in [2.05, 4.69) is 19.2 Å². The summed E-state index contributed by atoms with van der Waals surface area (Å²) in [6, 6.07) is -1.25. The van der Waals surface area contributed by atoms with Crippen LogP contribution in [0, 0.1) is 0 Å². The lowest BCUT2D eigenvalue weighted by molar-refractivity contribution is -0.276. The summed E-state index contributed by atoms with van der Waals surface area (Å²) in [7, 11) is 0. The second-order valence-electron chi connectivity index (χ2n) is 5.21. The summed E-state index contributed by atoms with van der Waals surface area (Å²) in [5.41, 5.74) is -0.739. The fourth-order valence-corrected chi connectivity index (χ4v) is 2.06. The Kier molecular flexibility index (Phi) is 5.62. The molecule has 0 saturated heterocycles. The van der Waals surface area contributed by atoms with Crippen molar-refractivity contribution in [3.63, 3.8) is 0 Å². The molecule has 15 heteroatoms. The molecule has 2 N–H and O–H groups in total. The van der Waals surface area contributed by atoms with Crippen LogP contribution in [0.15, 0.2) is 23.2 Å². The maximum atomic E-state index is 12.5. The van der Waals surface area contributed by atoms with Crippen molar-refractivity contribution in [3.05, 3.63) is 23.8 Å². The number of benzene rings is 1. The minimum atomic E-state index is -5.32. The van der Waals surface area contributed by atoms with Crippen LogP contribution in [0.4, 0.5) is 39.5 Å². The Morgan fingerprint density at radius 3 is 1.75 bits per heavy atom. The quantitative estimate of drug-likeness (QED) is 0.720. The molecule has 0 saturated carbocycles. The van der Waals surface area contributed by atoms with E-state index in [-0.39, 0.29) is 6.07 Å². The van der Waals surface area contributed by atoms with Crippen LogP contribution in [0.3, 0.4) is 0 Å². The average Bonchev–Trinajstić information content (AvgIpc) is 2.83. The van der Waals surface area contributed by atoms with Crippen molar-refractivity contribution in [2.75, 3.05) is 0 Å². The average molecular weight is 429 g/mol. The Hall–Kier alpha value is -2.42. The summed E-state index contributed by atoms with van der Waals surface area (Å²) >= 11 is 0. The Morgan fingerprint density at radius 2 is 1.36 bits per heavy atom. The molecule has 2 rings (SSSR count). The lowest BCUT2D eigenvalue weighted by Gasteiger charge is -2.20. The summed E-state index contributed by atoms with van der Waals surface area (Å²) < 4.78 is 123. The van der Waals surface area contributed by atoms with Crippen molar-refractivity contribution in [2.24, 2.45) is 4.99 Å². The zero-order valence-corrected chi connectivity index (χ0v) is 12.9. The third kappa shape index (κ3) is 5.79. The van der Waals surface area contributed by atoms with Crippen molar-refractivity contribution in [1.29, 1.82) is 0 Å². The Balaban J connectivity index is 2.43. The molecule has 0 amide bonds. The molecule has 1 aromatic rings. The molecule has 0 fully saturated rings. The number of halogens is 9. The second kappa shape index (κ2) is 7.20. The van der Waals surface area contributed by atoms with Gasteiger partial charge in [0.05, 0.1) is 0 Å². The van der Waals surface area contributed by atoms with E-state index in [1.165, 1.54) is 0 Å². The first-order chi connectivity index (χ1) is 12.5. The summed E-state index contributed by atoms with van der Waals surface area (Å²) in [4.78, 5) is 3.18. The molecule has 0 bridgehead atoms. The van der Waals surface area contributed by atoms with Crippen LogP contribution in [0.25, 0.3) is 0 Å². The minimum Gasteiger partial charge on any atom is -0.445 e. The van der Waals surface area contributed by atoms with E-state index >= 15 is 0 Å². The molecule has 3 unspecified atom stereocenters. The van der Waals surface area contributed by atoms with Crippen LogP contribution in [0.1, 0.15) is 5.56 Å². The lowest BCUT2D eigenvalue weighted by atomic mass is 10.1. The first-order valence-corrected chi connectivity index (χ1v) is 6.89. The van der Waals surface area contributed by atoms with Gasteiger partial charge in [0.25, 0.3) is 0 Å². The van der Waals surface area contributed by atoms with E-state index in [1.807, 2.05) is 0 Å². The van der Waals surface area contributed by atoms with Gasteiger partial charge in [0.15, 0.2) is 12.1 Å². The molecule has 6 nitrogen and oxygen atoms in total. The van der Waals surface area contributed by atoms with Gasteiger partial charge < -0.3 is 24.4 Å². The zero-order valence-electron chi connectivity index (χ0n) is 12.9. The van der Waals surface area contributed by atoms with Gasteiger partial charge in [-0.15, -0.1) is 26.3 Å². The Morgan fingerprint density at radius 1 is 0.893 bits per heavy atom. The number of hydrogen-bond donors (Lipinski definition) is 2. The molecule has 1 heterocycles. The van der Waals surface area contributed by atoms with E-state index in [1.54, 1.807) is 0 Å². The smallest absolute Gasteiger partial charge is 0.445 e. The molecule has 1 aliphatic rings.